The fourth-order valence-corrected chi connectivity index (χ4v) is 1.06. The van der Waals surface area contributed by atoms with Crippen LogP contribution in [0.2, 0.25) is 0 Å². The highest BCUT2D eigenvalue weighted by Gasteiger charge is 2.33. The predicted octanol–water partition coefficient (Wildman–Crippen LogP) is 2.61. The molecule has 0 atom stereocenters. The first-order chi connectivity index (χ1) is 6.32. The zero-order valence-electron chi connectivity index (χ0n) is 7.64. The Morgan fingerprint density at radius 2 is 2.00 bits per heavy atom. The van der Waals surface area contributed by atoms with Crippen LogP contribution in [0.4, 0.5) is 13.2 Å². The molecule has 1 aromatic heterocycles. The molecule has 0 aliphatic heterocycles. The van der Waals surface area contributed by atoms with Crippen LogP contribution < -0.4 is 0 Å². The summed E-state index contributed by atoms with van der Waals surface area (Å²) < 4.78 is 36.6. The van der Waals surface area contributed by atoms with Gasteiger partial charge >= 0.3 is 6.18 Å². The molecule has 0 radical (unpaired) electrons. The number of hydrogen-bond donors (Lipinski definition) is 0. The Balaban J connectivity index is 3.27. The third-order valence-corrected chi connectivity index (χ3v) is 1.77. The van der Waals surface area contributed by atoms with Crippen LogP contribution in [-0.4, -0.2) is 10.8 Å². The molecule has 1 rings (SSSR count). The van der Waals surface area contributed by atoms with E-state index in [1.165, 1.54) is 6.92 Å². The minimum absolute atomic E-state index is 0.0623. The number of ketones is 1. The minimum Gasteiger partial charge on any atom is -0.294 e. The van der Waals surface area contributed by atoms with E-state index in [4.69, 9.17) is 0 Å². The molecule has 0 amide bonds. The lowest BCUT2D eigenvalue weighted by Crippen LogP contribution is -2.10. The summed E-state index contributed by atoms with van der Waals surface area (Å²) in [6, 6.07) is 0.775. The van der Waals surface area contributed by atoms with Gasteiger partial charge in [-0.2, -0.15) is 13.2 Å². The van der Waals surface area contributed by atoms with Gasteiger partial charge in [-0.05, 0) is 25.5 Å². The third kappa shape index (κ3) is 2.10. The van der Waals surface area contributed by atoms with Gasteiger partial charge in [0.05, 0.1) is 0 Å². The molecule has 0 N–H and O–H groups in total. The van der Waals surface area contributed by atoms with Crippen LogP contribution in [0, 0.1) is 6.92 Å². The monoisotopic (exact) mass is 203 g/mol. The number of halogens is 3. The second kappa shape index (κ2) is 3.40. The molecular weight excluding hydrogens is 195 g/mol. The van der Waals surface area contributed by atoms with Crippen molar-refractivity contribution < 1.29 is 18.0 Å². The van der Waals surface area contributed by atoms with Crippen molar-refractivity contribution in [3.8, 4) is 0 Å². The van der Waals surface area contributed by atoms with E-state index in [0.29, 0.717) is 5.56 Å². The molecule has 0 bridgehead atoms. The van der Waals surface area contributed by atoms with Gasteiger partial charge in [-0.3, -0.25) is 9.78 Å². The normalized spacial score (nSPS) is 11.5. The first-order valence-electron chi connectivity index (χ1n) is 3.87. The fraction of sp³-hybridized carbons (Fsp3) is 0.333. The van der Waals surface area contributed by atoms with Crippen LogP contribution in [0.25, 0.3) is 0 Å². The number of hydrogen-bond acceptors (Lipinski definition) is 2. The molecule has 0 fully saturated rings. The van der Waals surface area contributed by atoms with Gasteiger partial charge in [-0.1, -0.05) is 0 Å². The maximum absolute atomic E-state index is 12.2. The summed E-state index contributed by atoms with van der Waals surface area (Å²) in [5.41, 5.74) is -0.522. The van der Waals surface area contributed by atoms with Gasteiger partial charge in [0.15, 0.2) is 5.78 Å². The predicted molar refractivity (Wildman–Crippen MR) is 44.0 cm³/mol. The van der Waals surface area contributed by atoms with Crippen LogP contribution in [0.15, 0.2) is 12.3 Å². The van der Waals surface area contributed by atoms with Gasteiger partial charge in [0.1, 0.15) is 5.69 Å². The van der Waals surface area contributed by atoms with Crippen LogP contribution >= 0.6 is 0 Å². The molecule has 0 saturated carbocycles. The number of carbonyl (C=O) groups is 1. The van der Waals surface area contributed by atoms with Gasteiger partial charge < -0.3 is 0 Å². The average molecular weight is 203 g/mol. The second-order valence-electron chi connectivity index (χ2n) is 2.94. The van der Waals surface area contributed by atoms with Crippen molar-refractivity contribution >= 4 is 5.78 Å². The maximum atomic E-state index is 12.2. The number of Topliss-reactive ketones (excluding diaryl/α,β-unsaturated/α-hetero) is 1. The number of nitrogens with zero attached hydrogens (tertiary/aromatic N) is 1. The smallest absolute Gasteiger partial charge is 0.294 e. The van der Waals surface area contributed by atoms with Gasteiger partial charge in [0.25, 0.3) is 0 Å². The zero-order valence-corrected chi connectivity index (χ0v) is 7.64. The average Bonchev–Trinajstić information content (AvgIpc) is 2.02. The Morgan fingerprint density at radius 3 is 2.43 bits per heavy atom. The number of pyridine rings is 1. The molecule has 0 saturated heterocycles. The van der Waals surface area contributed by atoms with E-state index in [2.05, 4.69) is 4.98 Å². The van der Waals surface area contributed by atoms with Gasteiger partial charge in [0.2, 0.25) is 0 Å². The van der Waals surface area contributed by atoms with Crippen molar-refractivity contribution in [2.24, 2.45) is 0 Å². The first-order valence-corrected chi connectivity index (χ1v) is 3.87. The molecule has 76 valence electrons. The Hall–Kier alpha value is -1.39. The lowest BCUT2D eigenvalue weighted by molar-refractivity contribution is -0.141. The molecule has 5 heteroatoms. The fourth-order valence-electron chi connectivity index (χ4n) is 1.06. The lowest BCUT2D eigenvalue weighted by Gasteiger charge is -2.08. The van der Waals surface area contributed by atoms with Crippen LogP contribution in [0.3, 0.4) is 0 Å². The molecule has 2 nitrogen and oxygen atoms in total. The largest absolute Gasteiger partial charge is 0.433 e. The topological polar surface area (TPSA) is 30.0 Å². The summed E-state index contributed by atoms with van der Waals surface area (Å²) in [5.74, 6) is -0.393. The number of carbonyl (C=O) groups excluding carboxylic acids is 1. The molecular formula is C9H8F3NO. The van der Waals surface area contributed by atoms with E-state index >= 15 is 0 Å². The number of aryl methyl sites for hydroxylation is 1. The standard InChI is InChI=1S/C9H8F3NO/c1-5-4-13-8(9(10,11)12)3-7(5)6(2)14/h3-4H,1-2H3. The van der Waals surface area contributed by atoms with E-state index in [9.17, 15) is 18.0 Å². The van der Waals surface area contributed by atoms with Crippen molar-refractivity contribution in [1.29, 1.82) is 0 Å². The molecule has 1 aromatic rings. The Kier molecular flexibility index (Phi) is 2.59. The second-order valence-corrected chi connectivity index (χ2v) is 2.94. The van der Waals surface area contributed by atoms with Crippen molar-refractivity contribution in [2.45, 2.75) is 20.0 Å². The zero-order chi connectivity index (χ0) is 10.9. The molecule has 0 aromatic carbocycles. The van der Waals surface area contributed by atoms with E-state index in [1.54, 1.807) is 6.92 Å². The summed E-state index contributed by atoms with van der Waals surface area (Å²) in [5, 5.41) is 0. The summed E-state index contributed by atoms with van der Waals surface area (Å²) >= 11 is 0. The lowest BCUT2D eigenvalue weighted by atomic mass is 10.1. The minimum atomic E-state index is -4.50. The summed E-state index contributed by atoms with van der Waals surface area (Å²) in [6.45, 7) is 2.77. The number of alkyl halides is 3. The highest BCUT2D eigenvalue weighted by Crippen LogP contribution is 2.28. The van der Waals surface area contributed by atoms with Crippen molar-refractivity contribution in [3.05, 3.63) is 29.1 Å². The highest BCUT2D eigenvalue weighted by atomic mass is 19.4. The Morgan fingerprint density at radius 1 is 1.43 bits per heavy atom. The summed E-state index contributed by atoms with van der Waals surface area (Å²) in [4.78, 5) is 14.2. The van der Waals surface area contributed by atoms with E-state index in [-0.39, 0.29) is 5.56 Å². The van der Waals surface area contributed by atoms with Crippen molar-refractivity contribution in [2.75, 3.05) is 0 Å². The molecule has 1 heterocycles. The quantitative estimate of drug-likeness (QED) is 0.656. The Labute approximate surface area is 78.8 Å². The van der Waals surface area contributed by atoms with Crippen molar-refractivity contribution in [3.63, 3.8) is 0 Å². The van der Waals surface area contributed by atoms with E-state index < -0.39 is 17.7 Å². The Bertz CT molecular complexity index is 371. The van der Waals surface area contributed by atoms with Crippen LogP contribution in [0.5, 0.6) is 0 Å². The first kappa shape index (κ1) is 10.7. The summed E-state index contributed by atoms with van der Waals surface area (Å²) in [6.07, 6.45) is -3.45. The molecule has 0 spiro atoms. The van der Waals surface area contributed by atoms with Gasteiger partial charge in [-0.15, -0.1) is 0 Å². The number of aromatic nitrogens is 1. The molecule has 0 unspecified atom stereocenters. The number of rotatable bonds is 1. The molecule has 14 heavy (non-hydrogen) atoms. The van der Waals surface area contributed by atoms with E-state index in [0.717, 1.165) is 12.3 Å². The SMILES string of the molecule is CC(=O)c1cc(C(F)(F)F)ncc1C. The highest BCUT2D eigenvalue weighted by molar-refractivity contribution is 5.95. The van der Waals surface area contributed by atoms with Gasteiger partial charge in [0, 0.05) is 11.8 Å². The van der Waals surface area contributed by atoms with E-state index in [1.807, 2.05) is 0 Å². The third-order valence-electron chi connectivity index (χ3n) is 1.77. The summed E-state index contributed by atoms with van der Waals surface area (Å²) in [7, 11) is 0. The van der Waals surface area contributed by atoms with Crippen LogP contribution in [-0.2, 0) is 6.18 Å². The van der Waals surface area contributed by atoms with Crippen LogP contribution in [0.1, 0.15) is 28.5 Å². The molecule has 0 aliphatic rings. The van der Waals surface area contributed by atoms with Crippen molar-refractivity contribution in [1.82, 2.24) is 4.98 Å². The van der Waals surface area contributed by atoms with Gasteiger partial charge in [-0.25, -0.2) is 0 Å². The maximum Gasteiger partial charge on any atom is 0.433 e. The molecule has 0 aliphatic carbocycles.